The third kappa shape index (κ3) is 29.4. The zero-order valence-corrected chi connectivity index (χ0v) is 15.4. The predicted octanol–water partition coefficient (Wildman–Crippen LogP) is 3.57. The van der Waals surface area contributed by atoms with Gasteiger partial charge in [-0.15, -0.1) is 0 Å². The minimum absolute atomic E-state index is 0. The molecule has 0 saturated heterocycles. The Morgan fingerprint density at radius 2 is 0.875 bits per heavy atom. The molecule has 0 atom stereocenters. The standard InChI is InChI=1S/C10H22Si2.2CH3.H4Si.Ti/c1-11(2,3)9-7-8-10-12(4,5)6;;;;/h7-10H,1-6H3;2*1H3;1H4;. The minimum atomic E-state index is -0.970. The molecule has 0 fully saturated rings. The van der Waals surface area contributed by atoms with Crippen LogP contribution in [0.3, 0.4) is 0 Å². The summed E-state index contributed by atoms with van der Waals surface area (Å²) in [6.45, 7) is 14.1. The molecule has 0 aromatic heterocycles. The smallest absolute Gasteiger partial charge is 0.0149 e. The molecule has 0 aliphatic heterocycles. The van der Waals surface area contributed by atoms with Crippen LogP contribution in [0, 0.1) is 0 Å². The van der Waals surface area contributed by atoms with Crippen molar-refractivity contribution in [2.75, 3.05) is 0 Å². The molecular formula is C12H32Si3Ti. The van der Waals surface area contributed by atoms with Gasteiger partial charge in [0.15, 0.2) is 0 Å². The Morgan fingerprint density at radius 1 is 0.688 bits per heavy atom. The van der Waals surface area contributed by atoms with Crippen LogP contribution >= 0.6 is 0 Å². The average molecular weight is 309 g/mol. The fourth-order valence-corrected chi connectivity index (χ4v) is 2.07. The Hall–Kier alpha value is 0.845. The van der Waals surface area contributed by atoms with Crippen LogP contribution in [-0.2, 0) is 19.2 Å². The third-order valence-corrected chi connectivity index (χ3v) is 3.69. The molecule has 0 saturated carbocycles. The molecule has 0 unspecified atom stereocenters. The Bertz CT molecular complexity index is 175. The van der Waals surface area contributed by atoms with Crippen molar-refractivity contribution in [3.63, 3.8) is 0 Å². The molecule has 0 amide bonds. The molecule has 16 heavy (non-hydrogen) atoms. The predicted molar refractivity (Wildman–Crippen MR) is 88.0 cm³/mol. The van der Waals surface area contributed by atoms with Crippen LogP contribution in [0.1, 0.15) is 0 Å². The summed E-state index contributed by atoms with van der Waals surface area (Å²) in [6.07, 6.45) is 4.45. The van der Waals surface area contributed by atoms with E-state index >= 15 is 0 Å². The molecular weight excluding hydrogens is 276 g/mol. The van der Waals surface area contributed by atoms with Crippen LogP contribution in [0.4, 0.5) is 0 Å². The normalized spacial score (nSPS) is 12.0. The summed E-state index contributed by atoms with van der Waals surface area (Å²) < 4.78 is 0. The molecule has 0 aliphatic carbocycles. The maximum Gasteiger partial charge on any atom is -0.0149 e. The molecule has 0 aromatic carbocycles. The van der Waals surface area contributed by atoms with Gasteiger partial charge >= 0.3 is 29.6 Å². The van der Waals surface area contributed by atoms with E-state index in [4.69, 9.17) is 0 Å². The quantitative estimate of drug-likeness (QED) is 0.552. The molecule has 0 spiro atoms. The Labute approximate surface area is 119 Å². The van der Waals surface area contributed by atoms with Crippen LogP contribution in [0.25, 0.3) is 0 Å². The maximum absolute atomic E-state index is 2.38. The van der Waals surface area contributed by atoms with Gasteiger partial charge < -0.3 is 0 Å². The summed E-state index contributed by atoms with van der Waals surface area (Å²) in [4.78, 5) is 0. The molecule has 0 rings (SSSR count). The van der Waals surface area contributed by atoms with Crippen molar-refractivity contribution >= 4 is 27.1 Å². The molecule has 0 N–H and O–H groups in total. The average Bonchev–Trinajstić information content (AvgIpc) is 1.96. The number of hydrogen-bond acceptors (Lipinski definition) is 0. The molecule has 0 heterocycles. The van der Waals surface area contributed by atoms with Gasteiger partial charge in [0.05, 0.1) is 16.1 Å². The van der Waals surface area contributed by atoms with E-state index < -0.39 is 16.1 Å². The monoisotopic (exact) mass is 308 g/mol. The number of allylic oxidation sites excluding steroid dienone is 2. The largest absolute Gasteiger partial charge is 0.0149 e. The van der Waals surface area contributed by atoms with Crippen molar-refractivity contribution in [1.82, 2.24) is 0 Å². The van der Waals surface area contributed by atoms with Crippen molar-refractivity contribution in [1.29, 1.82) is 0 Å². The van der Waals surface area contributed by atoms with E-state index in [0.29, 0.717) is 19.2 Å². The summed E-state index contributed by atoms with van der Waals surface area (Å²) in [5, 5.41) is 4.50. The molecule has 0 nitrogen and oxygen atoms in total. The van der Waals surface area contributed by atoms with Crippen LogP contribution in [0.2, 0.25) is 49.7 Å². The van der Waals surface area contributed by atoms with Crippen LogP contribution in [0.5, 0.6) is 0 Å². The van der Waals surface area contributed by atoms with Gasteiger partial charge in [-0.3, -0.25) is 0 Å². The van der Waals surface area contributed by atoms with E-state index in [9.17, 15) is 0 Å². The van der Waals surface area contributed by atoms with Crippen LogP contribution in [0.15, 0.2) is 23.6 Å². The Kier molecular flexibility index (Phi) is 15.1. The maximum atomic E-state index is 2.38. The summed E-state index contributed by atoms with van der Waals surface area (Å²) in [7, 11) is -1.94. The van der Waals surface area contributed by atoms with E-state index in [2.05, 4.69) is 73.3 Å². The van der Waals surface area contributed by atoms with Gasteiger partial charge in [-0.2, -0.15) is 0 Å². The summed E-state index contributed by atoms with van der Waals surface area (Å²) in [6, 6.07) is 0. The van der Waals surface area contributed by atoms with Crippen molar-refractivity contribution in [3.8, 4) is 0 Å². The summed E-state index contributed by atoms with van der Waals surface area (Å²) in [5.41, 5.74) is 4.76. The van der Waals surface area contributed by atoms with Gasteiger partial charge in [0, 0.05) is 0 Å². The van der Waals surface area contributed by atoms with E-state index in [1.165, 1.54) is 0 Å². The molecule has 0 bridgehead atoms. The zero-order chi connectivity index (χ0) is 12.5. The van der Waals surface area contributed by atoms with Gasteiger partial charge in [0.2, 0.25) is 0 Å². The molecule has 4 heteroatoms. The van der Waals surface area contributed by atoms with Crippen molar-refractivity contribution in [2.24, 2.45) is 0 Å². The van der Waals surface area contributed by atoms with Crippen LogP contribution < -0.4 is 0 Å². The van der Waals surface area contributed by atoms with Crippen LogP contribution in [-0.4, -0.2) is 27.1 Å². The van der Waals surface area contributed by atoms with E-state index in [0.717, 1.165) is 0 Å². The summed E-state index contributed by atoms with van der Waals surface area (Å²) in [5.74, 6) is 0. The third-order valence-electron chi connectivity index (χ3n) is 1.30. The van der Waals surface area contributed by atoms with Gasteiger partial charge in [0.25, 0.3) is 0 Å². The second-order valence-electron chi connectivity index (χ2n) is 5.95. The van der Waals surface area contributed by atoms with E-state index in [-0.39, 0.29) is 11.0 Å². The number of hydrogen-bond donors (Lipinski definition) is 0. The van der Waals surface area contributed by atoms with Crippen molar-refractivity contribution in [2.45, 2.75) is 49.7 Å². The Balaban J connectivity index is -0.000000377. The second kappa shape index (κ2) is 11.0. The minimum Gasteiger partial charge on any atom is -0.0149 e. The van der Waals surface area contributed by atoms with Gasteiger partial charge in [0.1, 0.15) is 0 Å². The molecule has 0 radical (unpaired) electrons. The van der Waals surface area contributed by atoms with Gasteiger partial charge in [-0.05, 0) is 11.0 Å². The molecule has 96 valence electrons. The zero-order valence-electron chi connectivity index (χ0n) is 11.8. The van der Waals surface area contributed by atoms with Crippen molar-refractivity contribution < 1.29 is 19.2 Å². The topological polar surface area (TPSA) is 0 Å². The SMILES string of the molecule is C[Si](C)(C)C=CC=C[Si](C)(C)C.[CH3][Ti][CH3].[SiH4]. The first-order valence-electron chi connectivity index (χ1n) is 5.58. The second-order valence-corrected chi connectivity index (χ2v) is 17.6. The van der Waals surface area contributed by atoms with E-state index in [1.807, 2.05) is 0 Å². The summed E-state index contributed by atoms with van der Waals surface area (Å²) >= 11 is 0.500. The fourth-order valence-electron chi connectivity index (χ4n) is 0.688. The van der Waals surface area contributed by atoms with Gasteiger partial charge in [-0.25, -0.2) is 0 Å². The van der Waals surface area contributed by atoms with Crippen molar-refractivity contribution in [3.05, 3.63) is 23.6 Å². The van der Waals surface area contributed by atoms with E-state index in [1.54, 1.807) is 0 Å². The first kappa shape index (κ1) is 22.1. The first-order valence-corrected chi connectivity index (χ1v) is 15.9. The fraction of sp³-hybridized carbons (Fsp3) is 0.667. The van der Waals surface area contributed by atoms with Gasteiger partial charge in [-0.1, -0.05) is 62.8 Å². The molecule has 0 aliphatic rings. The number of rotatable bonds is 3. The first-order chi connectivity index (χ1) is 6.62. The Morgan fingerprint density at radius 3 is 1.00 bits per heavy atom. The molecule has 0 aromatic rings.